The van der Waals surface area contributed by atoms with Crippen LogP contribution >= 0.6 is 11.3 Å². The maximum atomic E-state index is 12.7. The van der Waals surface area contributed by atoms with Crippen LogP contribution in [0.3, 0.4) is 0 Å². The van der Waals surface area contributed by atoms with Gasteiger partial charge in [-0.3, -0.25) is 9.36 Å². The zero-order chi connectivity index (χ0) is 19.7. The molecule has 1 fully saturated rings. The van der Waals surface area contributed by atoms with Crippen LogP contribution < -0.4 is 17.0 Å². The van der Waals surface area contributed by atoms with Crippen LogP contribution in [-0.4, -0.2) is 25.5 Å². The van der Waals surface area contributed by atoms with Crippen molar-refractivity contribution in [2.24, 2.45) is 5.73 Å². The third-order valence-corrected chi connectivity index (χ3v) is 5.84. The number of nitrogens with two attached hydrogens (primary N) is 1. The first kappa shape index (κ1) is 18.6. The van der Waals surface area contributed by atoms with Crippen LogP contribution in [-0.2, 0) is 13.1 Å². The van der Waals surface area contributed by atoms with E-state index >= 15 is 0 Å². The number of aromatic nitrogens is 4. The molecule has 7 nitrogen and oxygen atoms in total. The molecule has 3 aromatic heterocycles. The van der Waals surface area contributed by atoms with Crippen molar-refractivity contribution in [1.29, 1.82) is 0 Å². The average Bonchev–Trinajstić information content (AvgIpc) is 3.36. The summed E-state index contributed by atoms with van der Waals surface area (Å²) in [4.78, 5) is 26.9. The quantitative estimate of drug-likeness (QED) is 0.657. The summed E-state index contributed by atoms with van der Waals surface area (Å²) in [5.74, 6) is 0. The van der Waals surface area contributed by atoms with E-state index < -0.39 is 0 Å². The van der Waals surface area contributed by atoms with Crippen LogP contribution in [0.15, 0.2) is 58.3 Å². The van der Waals surface area contributed by atoms with E-state index in [0.717, 1.165) is 22.6 Å². The molecular formula is C19H20FN5O2S. The third-order valence-electron chi connectivity index (χ3n) is 4.73. The third kappa shape index (κ3) is 3.63. The molecule has 146 valence electrons. The molecule has 4 rings (SSSR count). The van der Waals surface area contributed by atoms with E-state index in [1.165, 1.54) is 26.9 Å². The largest absolute Gasteiger partial charge is 0.346 e. The number of hydrogen-bond acceptors (Lipinski definition) is 5. The van der Waals surface area contributed by atoms with E-state index in [-0.39, 0.29) is 24.3 Å². The van der Waals surface area contributed by atoms with Gasteiger partial charge in [-0.2, -0.15) is 5.10 Å². The lowest BCUT2D eigenvalue weighted by Crippen LogP contribution is -2.26. The van der Waals surface area contributed by atoms with Crippen LogP contribution in [0, 0.1) is 0 Å². The molecule has 0 atom stereocenters. The van der Waals surface area contributed by atoms with E-state index in [2.05, 4.69) is 5.10 Å². The minimum Gasteiger partial charge on any atom is -0.327 e. The molecule has 0 aromatic carbocycles. The maximum Gasteiger partial charge on any atom is 0.346 e. The van der Waals surface area contributed by atoms with Gasteiger partial charge in [-0.25, -0.2) is 13.9 Å². The second kappa shape index (κ2) is 7.69. The summed E-state index contributed by atoms with van der Waals surface area (Å²) in [6.45, 7) is 0.392. The van der Waals surface area contributed by atoms with Crippen molar-refractivity contribution in [3.63, 3.8) is 0 Å². The lowest BCUT2D eigenvalue weighted by molar-refractivity contribution is 0.604. The van der Waals surface area contributed by atoms with E-state index in [0.29, 0.717) is 30.1 Å². The summed E-state index contributed by atoms with van der Waals surface area (Å²) in [6.07, 6.45) is 5.78. The molecule has 1 aliphatic rings. The van der Waals surface area contributed by atoms with Crippen molar-refractivity contribution in [2.45, 2.75) is 32.0 Å². The summed E-state index contributed by atoms with van der Waals surface area (Å²) in [7, 11) is 0. The Labute approximate surface area is 164 Å². The fraction of sp³-hybridized carbons (Fsp3) is 0.316. The molecular weight excluding hydrogens is 381 g/mol. The Kier molecular flexibility index (Phi) is 5.10. The zero-order valence-electron chi connectivity index (χ0n) is 15.1. The van der Waals surface area contributed by atoms with E-state index in [1.807, 2.05) is 30.5 Å². The Morgan fingerprint density at radius 3 is 2.86 bits per heavy atom. The van der Waals surface area contributed by atoms with Crippen molar-refractivity contribution in [2.75, 3.05) is 6.54 Å². The molecule has 9 heteroatoms. The monoisotopic (exact) mass is 401 g/mol. The van der Waals surface area contributed by atoms with Gasteiger partial charge in [0.05, 0.1) is 25.0 Å². The first-order valence-electron chi connectivity index (χ1n) is 9.01. The van der Waals surface area contributed by atoms with Gasteiger partial charge in [0, 0.05) is 28.5 Å². The fourth-order valence-electron chi connectivity index (χ4n) is 3.04. The summed E-state index contributed by atoms with van der Waals surface area (Å²) in [5, 5.41) is 4.02. The van der Waals surface area contributed by atoms with Crippen LogP contribution in [0.25, 0.3) is 10.4 Å². The fourth-order valence-corrected chi connectivity index (χ4v) is 4.06. The second-order valence-corrected chi connectivity index (χ2v) is 7.97. The molecule has 2 N–H and O–H groups in total. The van der Waals surface area contributed by atoms with Crippen LogP contribution in [0.2, 0.25) is 0 Å². The van der Waals surface area contributed by atoms with Gasteiger partial charge in [0.15, 0.2) is 0 Å². The van der Waals surface area contributed by atoms with Gasteiger partial charge in [-0.05, 0) is 42.7 Å². The van der Waals surface area contributed by atoms with Gasteiger partial charge in [0.25, 0.3) is 5.56 Å². The Balaban J connectivity index is 1.55. The molecule has 0 bridgehead atoms. The number of rotatable bonds is 7. The topological polar surface area (TPSA) is 87.8 Å². The van der Waals surface area contributed by atoms with E-state index in [1.54, 1.807) is 4.57 Å². The number of hydrogen-bond donors (Lipinski definition) is 1. The van der Waals surface area contributed by atoms with Crippen LogP contribution in [0.4, 0.5) is 4.39 Å². The number of pyridine rings is 1. The van der Waals surface area contributed by atoms with E-state index in [9.17, 15) is 14.0 Å². The first-order chi connectivity index (χ1) is 13.6. The second-order valence-electron chi connectivity index (χ2n) is 6.80. The maximum absolute atomic E-state index is 12.7. The van der Waals surface area contributed by atoms with Crippen molar-refractivity contribution >= 4 is 11.3 Å². The molecule has 0 aliphatic heterocycles. The number of halogens is 1. The van der Waals surface area contributed by atoms with Gasteiger partial charge >= 0.3 is 5.69 Å². The highest BCUT2D eigenvalue weighted by Crippen LogP contribution is 2.34. The predicted molar refractivity (Wildman–Crippen MR) is 106 cm³/mol. The smallest absolute Gasteiger partial charge is 0.327 e. The molecule has 1 aliphatic carbocycles. The van der Waals surface area contributed by atoms with E-state index in [4.69, 9.17) is 5.73 Å². The van der Waals surface area contributed by atoms with Gasteiger partial charge in [0.2, 0.25) is 0 Å². The van der Waals surface area contributed by atoms with Crippen molar-refractivity contribution in [1.82, 2.24) is 18.9 Å². The zero-order valence-corrected chi connectivity index (χ0v) is 15.9. The van der Waals surface area contributed by atoms with Crippen LogP contribution in [0.1, 0.15) is 23.8 Å². The molecule has 28 heavy (non-hydrogen) atoms. The summed E-state index contributed by atoms with van der Waals surface area (Å²) in [6, 6.07) is 7.87. The highest BCUT2D eigenvalue weighted by Gasteiger charge is 2.25. The first-order valence-corrected chi connectivity index (χ1v) is 9.83. The number of nitrogens with zero attached hydrogens (tertiary/aromatic N) is 4. The predicted octanol–water partition coefficient (Wildman–Crippen LogP) is 2.13. The minimum atomic E-state index is -0.335. The lowest BCUT2D eigenvalue weighted by atomic mass is 10.2. The molecule has 0 spiro atoms. The van der Waals surface area contributed by atoms with Gasteiger partial charge < -0.3 is 10.3 Å². The molecule has 1 saturated carbocycles. The molecule has 0 unspecified atom stereocenters. The molecule has 3 heterocycles. The SMILES string of the molecule is NC/C(=C\F)Cn1ncn(Cc2ccc(-c3cccn(C4CC4)c3=O)s2)c1=O. The van der Waals surface area contributed by atoms with Crippen LogP contribution in [0.5, 0.6) is 0 Å². The number of thiophene rings is 1. The highest BCUT2D eigenvalue weighted by atomic mass is 32.1. The Hall–Kier alpha value is -2.78. The Morgan fingerprint density at radius 2 is 2.14 bits per heavy atom. The van der Waals surface area contributed by atoms with Gasteiger partial charge in [-0.15, -0.1) is 11.3 Å². The standard InChI is InChI=1S/C19H20FN5O2S/c20-8-13(9-21)10-25-19(27)23(12-22-25)11-15-5-6-17(28-15)16-2-1-7-24(18(16)26)14-3-4-14/h1-2,5-8,12,14H,3-4,9-11,21H2/b13-8+. The summed E-state index contributed by atoms with van der Waals surface area (Å²) in [5.41, 5.74) is 6.09. The lowest BCUT2D eigenvalue weighted by Gasteiger charge is -2.05. The molecule has 0 amide bonds. The molecule has 3 aromatic rings. The Morgan fingerprint density at radius 1 is 1.32 bits per heavy atom. The van der Waals surface area contributed by atoms with Gasteiger partial charge in [0.1, 0.15) is 6.33 Å². The summed E-state index contributed by atoms with van der Waals surface area (Å²) >= 11 is 1.48. The normalized spacial score (nSPS) is 14.6. The van der Waals surface area contributed by atoms with Crippen molar-refractivity contribution < 1.29 is 4.39 Å². The average molecular weight is 401 g/mol. The van der Waals surface area contributed by atoms with Gasteiger partial charge in [-0.1, -0.05) is 0 Å². The molecule has 0 saturated heterocycles. The van der Waals surface area contributed by atoms with Crippen molar-refractivity contribution in [3.8, 4) is 10.4 Å². The minimum absolute atomic E-state index is 0.0238. The molecule has 0 radical (unpaired) electrons. The Bertz CT molecular complexity index is 1140. The van der Waals surface area contributed by atoms with Crippen molar-refractivity contribution in [3.05, 3.63) is 74.4 Å². The summed E-state index contributed by atoms with van der Waals surface area (Å²) < 4.78 is 17.1. The highest BCUT2D eigenvalue weighted by molar-refractivity contribution is 7.15.